The van der Waals surface area contributed by atoms with Crippen LogP contribution >= 0.6 is 0 Å². The second kappa shape index (κ2) is 26.6. The maximum Gasteiger partial charge on any atom is 1.00 e. The average molecular weight is 434 g/mol. The smallest absolute Gasteiger partial charge is 0.550 e. The van der Waals surface area contributed by atoms with Crippen molar-refractivity contribution in [1.29, 1.82) is 0 Å². The van der Waals surface area contributed by atoms with Crippen LogP contribution in [-0.2, 0) is 4.79 Å². The first-order valence-corrected chi connectivity index (χ1v) is 11.6. The zero-order valence-corrected chi connectivity index (χ0v) is 20.7. The number of unbranched alkanes of at least 4 members (excludes halogenated alkanes) is 10. The Morgan fingerprint density at radius 2 is 1.19 bits per heavy atom. The van der Waals surface area contributed by atoms with E-state index < -0.39 is 11.9 Å². The molecule has 0 spiro atoms. The normalized spacial score (nSPS) is 10.7. The summed E-state index contributed by atoms with van der Waals surface area (Å²) in [5.74, 6) is -2.06. The quantitative estimate of drug-likeness (QED) is 0.226. The van der Waals surface area contributed by atoms with Crippen LogP contribution in [-0.4, -0.2) is 23.1 Å². The van der Waals surface area contributed by atoms with Gasteiger partial charge in [-0.15, -0.1) is 0 Å². The maximum absolute atomic E-state index is 10.2. The van der Waals surface area contributed by atoms with Gasteiger partial charge in [0.15, 0.2) is 0 Å². The molecule has 0 amide bonds. The number of carbonyl (C=O) groups excluding carboxylic acids is 2. The van der Waals surface area contributed by atoms with E-state index in [0.717, 1.165) is 38.5 Å². The molecule has 1 aromatic rings. The topological polar surface area (TPSA) is 100 Å². The third-order valence-corrected chi connectivity index (χ3v) is 5.07. The van der Waals surface area contributed by atoms with Gasteiger partial charge in [0, 0.05) is 5.97 Å². The van der Waals surface area contributed by atoms with Gasteiger partial charge in [-0.25, -0.2) is 0 Å². The van der Waals surface area contributed by atoms with Crippen molar-refractivity contribution < 1.29 is 62.6 Å². The van der Waals surface area contributed by atoms with Crippen LogP contribution in [0, 0.1) is 0 Å². The van der Waals surface area contributed by atoms with E-state index in [4.69, 9.17) is 0 Å². The molecule has 0 bridgehead atoms. The Balaban J connectivity index is -0.000000641. The number of aromatic carboxylic acids is 1. The van der Waals surface area contributed by atoms with Gasteiger partial charge >= 0.3 is 37.7 Å². The summed E-state index contributed by atoms with van der Waals surface area (Å²) in [5, 5.41) is 30.2. The molecule has 0 aromatic heterocycles. The van der Waals surface area contributed by atoms with Gasteiger partial charge in [-0.3, -0.25) is 0 Å². The Hall–Kier alpha value is -0.685. The Morgan fingerprint density at radius 3 is 1.59 bits per heavy atom. The van der Waals surface area contributed by atoms with Gasteiger partial charge in [0.2, 0.25) is 0 Å². The summed E-state index contributed by atoms with van der Waals surface area (Å²) in [4.78, 5) is 20.3. The molecule has 0 heterocycles. The van der Waals surface area contributed by atoms with E-state index >= 15 is 0 Å². The number of carboxylic acids is 2. The van der Waals surface area contributed by atoms with Crippen LogP contribution in [0.3, 0.4) is 0 Å². The fourth-order valence-corrected chi connectivity index (χ4v) is 3.24. The van der Waals surface area contributed by atoms with Crippen LogP contribution < -0.4 is 47.9 Å². The maximum atomic E-state index is 10.2. The van der Waals surface area contributed by atoms with E-state index in [-0.39, 0.29) is 55.8 Å². The number of aliphatic hydroxyl groups is 1. The molecule has 0 radical (unpaired) electrons. The summed E-state index contributed by atoms with van der Waals surface area (Å²) in [6, 6.07) is 8.06. The monoisotopic (exact) mass is 434 g/mol. The summed E-state index contributed by atoms with van der Waals surface area (Å²) >= 11 is 0. The minimum atomic E-state index is -1.13. The number of carboxylic acid groups (broad SMARTS) is 2. The molecule has 172 valence electrons. The molecule has 0 fully saturated rings. The average Bonchev–Trinajstić information content (AvgIpc) is 2.73. The SMILES string of the molecule is CCCCCCC(O)CCCCCCCCCCC(=O)[O-].O=C([O-])c1ccccc1.[Li+].[Li+]. The first-order valence-electron chi connectivity index (χ1n) is 11.6. The number of hydrogen-bond donors (Lipinski definition) is 1. The standard InChI is InChI=1S/C18H36O3.C7H6O2.2Li/c1-2-3-4-11-14-17(19)15-12-9-7-5-6-8-10-13-16-18(20)21;8-7(9)6-4-2-1-3-5-6;;/h17,19H,2-16H2,1H3,(H,20,21);1-5H,(H,8,9);;/q;;2*+1/p-2. The van der Waals surface area contributed by atoms with Crippen LogP contribution in [0.5, 0.6) is 0 Å². The molecule has 1 aromatic carbocycles. The molecule has 0 saturated heterocycles. The van der Waals surface area contributed by atoms with Crippen molar-refractivity contribution in [3.8, 4) is 0 Å². The number of hydrogen-bond acceptors (Lipinski definition) is 5. The first-order chi connectivity index (χ1) is 14.5. The van der Waals surface area contributed by atoms with E-state index in [1.165, 1.54) is 63.5 Å². The zero-order valence-electron chi connectivity index (χ0n) is 20.7. The van der Waals surface area contributed by atoms with Crippen LogP contribution in [0.1, 0.15) is 114 Å². The minimum Gasteiger partial charge on any atom is -0.550 e. The number of benzene rings is 1. The Morgan fingerprint density at radius 1 is 0.750 bits per heavy atom. The van der Waals surface area contributed by atoms with Crippen LogP contribution in [0.15, 0.2) is 30.3 Å². The summed E-state index contributed by atoms with van der Waals surface area (Å²) < 4.78 is 0. The summed E-state index contributed by atoms with van der Waals surface area (Å²) in [5.41, 5.74) is 0.220. The minimum absolute atomic E-state index is 0. The van der Waals surface area contributed by atoms with Crippen molar-refractivity contribution in [3.05, 3.63) is 35.9 Å². The number of aliphatic carboxylic acids is 1. The molecule has 32 heavy (non-hydrogen) atoms. The molecule has 1 N–H and O–H groups in total. The van der Waals surface area contributed by atoms with Crippen LogP contribution in [0.4, 0.5) is 0 Å². The van der Waals surface area contributed by atoms with Gasteiger partial charge in [0.05, 0.1) is 12.1 Å². The van der Waals surface area contributed by atoms with Crippen molar-refractivity contribution in [1.82, 2.24) is 0 Å². The van der Waals surface area contributed by atoms with Gasteiger partial charge in [0.25, 0.3) is 0 Å². The Labute approximate surface area is 219 Å². The van der Waals surface area contributed by atoms with Crippen LogP contribution in [0.25, 0.3) is 0 Å². The van der Waals surface area contributed by atoms with Crippen LogP contribution in [0.2, 0.25) is 0 Å². The molecule has 0 aliphatic carbocycles. The van der Waals surface area contributed by atoms with E-state index in [0.29, 0.717) is 0 Å². The number of aliphatic hydroxyl groups excluding tert-OH is 1. The van der Waals surface area contributed by atoms with Crippen molar-refractivity contribution in [2.45, 2.75) is 109 Å². The van der Waals surface area contributed by atoms with Gasteiger partial charge in [0.1, 0.15) is 0 Å². The summed E-state index contributed by atoms with van der Waals surface area (Å²) in [6.07, 6.45) is 15.9. The van der Waals surface area contributed by atoms with Gasteiger partial charge < -0.3 is 24.9 Å². The third-order valence-electron chi connectivity index (χ3n) is 5.07. The first kappa shape index (κ1) is 35.9. The van der Waals surface area contributed by atoms with E-state index in [1.54, 1.807) is 18.2 Å². The number of rotatable bonds is 17. The van der Waals surface area contributed by atoms with E-state index in [2.05, 4.69) is 6.92 Å². The Bertz CT molecular complexity index is 540. The fourth-order valence-electron chi connectivity index (χ4n) is 3.24. The second-order valence-electron chi connectivity index (χ2n) is 7.90. The predicted octanol–water partition coefficient (Wildman–Crippen LogP) is -1.97. The van der Waals surface area contributed by atoms with Gasteiger partial charge in [-0.1, -0.05) is 108 Å². The molecule has 0 aliphatic rings. The molecule has 5 nitrogen and oxygen atoms in total. The zero-order chi connectivity index (χ0) is 22.5. The molecule has 1 unspecified atom stereocenters. The summed E-state index contributed by atoms with van der Waals surface area (Å²) in [7, 11) is 0. The molecule has 1 rings (SSSR count). The van der Waals surface area contributed by atoms with Crippen molar-refractivity contribution in [2.24, 2.45) is 0 Å². The molecule has 7 heteroatoms. The van der Waals surface area contributed by atoms with Crippen molar-refractivity contribution >= 4 is 11.9 Å². The summed E-state index contributed by atoms with van der Waals surface area (Å²) in [6.45, 7) is 2.21. The number of carbonyl (C=O) groups is 2. The fraction of sp³-hybridized carbons (Fsp3) is 0.680. The van der Waals surface area contributed by atoms with Crippen molar-refractivity contribution in [3.63, 3.8) is 0 Å². The molecule has 0 saturated carbocycles. The third kappa shape index (κ3) is 25.6. The molecule has 1 atom stereocenters. The van der Waals surface area contributed by atoms with Gasteiger partial charge in [-0.2, -0.15) is 0 Å². The molecular weight excluding hydrogens is 394 g/mol. The Kier molecular flexibility index (Phi) is 29.8. The predicted molar refractivity (Wildman–Crippen MR) is 117 cm³/mol. The molecular formula is C25H40Li2O5. The van der Waals surface area contributed by atoms with E-state index in [9.17, 15) is 24.9 Å². The largest absolute Gasteiger partial charge is 1.00 e. The molecule has 0 aliphatic heterocycles. The van der Waals surface area contributed by atoms with Gasteiger partial charge in [-0.05, 0) is 31.2 Å². The second-order valence-corrected chi connectivity index (χ2v) is 7.90. The van der Waals surface area contributed by atoms with Crippen molar-refractivity contribution in [2.75, 3.05) is 0 Å². The van der Waals surface area contributed by atoms with E-state index in [1.807, 2.05) is 0 Å².